The molecule has 1 rings (SSSR count). The second-order valence-electron chi connectivity index (χ2n) is 5.78. The summed E-state index contributed by atoms with van der Waals surface area (Å²) in [4.78, 5) is 5.10. The lowest BCUT2D eigenvalue weighted by atomic mass is 10.2. The van der Waals surface area contributed by atoms with E-state index in [1.54, 1.807) is 0 Å². The van der Waals surface area contributed by atoms with Crippen LogP contribution in [-0.4, -0.2) is 29.1 Å². The van der Waals surface area contributed by atoms with E-state index in [-0.39, 0.29) is 0 Å². The van der Waals surface area contributed by atoms with E-state index in [9.17, 15) is 0 Å². The average Bonchev–Trinajstić information content (AvgIpc) is 2.82. The van der Waals surface area contributed by atoms with Crippen molar-refractivity contribution in [2.75, 3.05) is 13.1 Å². The molecule has 0 aromatic rings. The summed E-state index contributed by atoms with van der Waals surface area (Å²) >= 11 is 0. The van der Waals surface area contributed by atoms with Crippen LogP contribution in [0.15, 0.2) is 12.4 Å². The van der Waals surface area contributed by atoms with Crippen molar-refractivity contribution in [1.29, 1.82) is 0 Å². The number of unbranched alkanes of at least 4 members (excludes halogenated alkanes) is 6. The molecule has 2 nitrogen and oxygen atoms in total. The Morgan fingerprint density at radius 3 is 1.53 bits per heavy atom. The first-order valence-electron chi connectivity index (χ1n) is 8.53. The molecule has 0 aromatic carbocycles. The van der Waals surface area contributed by atoms with Crippen LogP contribution >= 0.6 is 0 Å². The predicted octanol–water partition coefficient (Wildman–Crippen LogP) is 4.97. The Balaban J connectivity index is 2.23. The third kappa shape index (κ3) is 5.88. The van der Waals surface area contributed by atoms with Crippen LogP contribution in [-0.2, 0) is 0 Å². The summed E-state index contributed by atoms with van der Waals surface area (Å²) in [6.45, 7) is 9.35. The summed E-state index contributed by atoms with van der Waals surface area (Å²) in [6, 6.07) is 0. The van der Waals surface area contributed by atoms with Crippen molar-refractivity contribution in [2.24, 2.45) is 0 Å². The fourth-order valence-corrected chi connectivity index (χ4v) is 2.92. The maximum absolute atomic E-state index is 2.55. The fraction of sp³-hybridized carbons (Fsp3) is 0.882. The Morgan fingerprint density at radius 2 is 1.16 bits per heavy atom. The third-order valence-corrected chi connectivity index (χ3v) is 4.12. The molecular formula is C17H34N2. The minimum absolute atomic E-state index is 0.628. The van der Waals surface area contributed by atoms with Crippen molar-refractivity contribution < 1.29 is 0 Å². The second-order valence-corrected chi connectivity index (χ2v) is 5.78. The molecule has 0 atom stereocenters. The van der Waals surface area contributed by atoms with Crippen LogP contribution in [0.2, 0.25) is 0 Å². The van der Waals surface area contributed by atoms with E-state index in [2.05, 4.69) is 43.0 Å². The van der Waals surface area contributed by atoms with Gasteiger partial charge in [0.25, 0.3) is 0 Å². The molecule has 0 N–H and O–H groups in total. The predicted molar refractivity (Wildman–Crippen MR) is 84.9 cm³/mol. The van der Waals surface area contributed by atoms with E-state index in [0.717, 1.165) is 0 Å². The Bertz CT molecular complexity index is 215. The topological polar surface area (TPSA) is 6.48 Å². The van der Waals surface area contributed by atoms with Gasteiger partial charge in [0.15, 0.2) is 0 Å². The van der Waals surface area contributed by atoms with Crippen molar-refractivity contribution in [3.63, 3.8) is 0 Å². The summed E-state index contributed by atoms with van der Waals surface area (Å²) in [5.74, 6) is 0. The molecule has 0 bridgehead atoms. The molecule has 0 fully saturated rings. The fourth-order valence-electron chi connectivity index (χ4n) is 2.92. The van der Waals surface area contributed by atoms with Gasteiger partial charge in [-0.2, -0.15) is 0 Å². The van der Waals surface area contributed by atoms with Crippen LogP contribution in [0.5, 0.6) is 0 Å². The highest BCUT2D eigenvalue weighted by Gasteiger charge is 2.23. The summed E-state index contributed by atoms with van der Waals surface area (Å²) in [5.41, 5.74) is 0. The summed E-state index contributed by atoms with van der Waals surface area (Å²) in [5, 5.41) is 0. The molecule has 0 spiro atoms. The molecule has 0 unspecified atom stereocenters. The molecule has 0 radical (unpaired) electrons. The SMILES string of the molecule is CCCCCCN1C=CN(CCCCCC)C1CC. The summed E-state index contributed by atoms with van der Waals surface area (Å²) < 4.78 is 0. The first kappa shape index (κ1) is 16.4. The quantitative estimate of drug-likeness (QED) is 0.487. The monoisotopic (exact) mass is 266 g/mol. The van der Waals surface area contributed by atoms with Gasteiger partial charge in [0, 0.05) is 25.5 Å². The van der Waals surface area contributed by atoms with Crippen molar-refractivity contribution in [2.45, 2.75) is 84.7 Å². The van der Waals surface area contributed by atoms with E-state index in [4.69, 9.17) is 0 Å². The Labute approximate surface area is 120 Å². The molecule has 112 valence electrons. The minimum Gasteiger partial charge on any atom is -0.356 e. The molecule has 19 heavy (non-hydrogen) atoms. The van der Waals surface area contributed by atoms with E-state index >= 15 is 0 Å². The van der Waals surface area contributed by atoms with Crippen molar-refractivity contribution >= 4 is 0 Å². The second kappa shape index (κ2) is 10.2. The number of rotatable bonds is 11. The lowest BCUT2D eigenvalue weighted by Gasteiger charge is -2.32. The normalized spacial score (nSPS) is 15.7. The molecule has 0 saturated heterocycles. The Morgan fingerprint density at radius 1 is 0.684 bits per heavy atom. The van der Waals surface area contributed by atoms with Crippen LogP contribution in [0.4, 0.5) is 0 Å². The number of hydrogen-bond donors (Lipinski definition) is 0. The van der Waals surface area contributed by atoms with Gasteiger partial charge in [0.1, 0.15) is 6.17 Å². The van der Waals surface area contributed by atoms with Gasteiger partial charge in [0.05, 0.1) is 0 Å². The van der Waals surface area contributed by atoms with Crippen LogP contribution in [0.25, 0.3) is 0 Å². The largest absolute Gasteiger partial charge is 0.356 e. The molecule has 0 aromatic heterocycles. The highest BCUT2D eigenvalue weighted by molar-refractivity contribution is 4.96. The minimum atomic E-state index is 0.628. The van der Waals surface area contributed by atoms with E-state index in [0.29, 0.717) is 6.17 Å². The zero-order valence-electron chi connectivity index (χ0n) is 13.4. The van der Waals surface area contributed by atoms with Gasteiger partial charge in [-0.3, -0.25) is 0 Å². The lowest BCUT2D eigenvalue weighted by molar-refractivity contribution is 0.144. The molecule has 1 aliphatic rings. The first-order valence-corrected chi connectivity index (χ1v) is 8.53. The van der Waals surface area contributed by atoms with Gasteiger partial charge in [-0.15, -0.1) is 0 Å². The third-order valence-electron chi connectivity index (χ3n) is 4.12. The summed E-state index contributed by atoms with van der Waals surface area (Å²) in [7, 11) is 0. The maximum atomic E-state index is 2.55. The first-order chi connectivity index (χ1) is 9.33. The van der Waals surface area contributed by atoms with Crippen LogP contribution in [0.1, 0.15) is 78.6 Å². The zero-order chi connectivity index (χ0) is 13.9. The van der Waals surface area contributed by atoms with Gasteiger partial charge in [-0.1, -0.05) is 59.3 Å². The van der Waals surface area contributed by atoms with E-state index < -0.39 is 0 Å². The zero-order valence-corrected chi connectivity index (χ0v) is 13.4. The van der Waals surface area contributed by atoms with Gasteiger partial charge in [0.2, 0.25) is 0 Å². The van der Waals surface area contributed by atoms with Gasteiger partial charge < -0.3 is 9.80 Å². The van der Waals surface area contributed by atoms with Crippen LogP contribution in [0, 0.1) is 0 Å². The maximum Gasteiger partial charge on any atom is 0.100 e. The molecule has 2 heteroatoms. The highest BCUT2D eigenvalue weighted by atomic mass is 15.4. The average molecular weight is 266 g/mol. The Hall–Kier alpha value is -0.660. The van der Waals surface area contributed by atoms with Crippen LogP contribution in [0.3, 0.4) is 0 Å². The molecule has 1 heterocycles. The molecule has 0 saturated carbocycles. The van der Waals surface area contributed by atoms with Gasteiger partial charge in [-0.05, 0) is 19.3 Å². The summed E-state index contributed by atoms with van der Waals surface area (Å²) in [6.07, 6.45) is 17.4. The van der Waals surface area contributed by atoms with Crippen molar-refractivity contribution in [3.05, 3.63) is 12.4 Å². The number of nitrogens with zero attached hydrogens (tertiary/aromatic N) is 2. The molecular weight excluding hydrogens is 232 g/mol. The van der Waals surface area contributed by atoms with Crippen molar-refractivity contribution in [3.8, 4) is 0 Å². The van der Waals surface area contributed by atoms with E-state index in [1.807, 2.05) is 0 Å². The molecule has 0 amide bonds. The van der Waals surface area contributed by atoms with Crippen LogP contribution < -0.4 is 0 Å². The highest BCUT2D eigenvalue weighted by Crippen LogP contribution is 2.20. The smallest absolute Gasteiger partial charge is 0.100 e. The van der Waals surface area contributed by atoms with Gasteiger partial charge in [-0.25, -0.2) is 0 Å². The molecule has 1 aliphatic heterocycles. The van der Waals surface area contributed by atoms with E-state index in [1.165, 1.54) is 70.9 Å². The van der Waals surface area contributed by atoms with Crippen molar-refractivity contribution in [1.82, 2.24) is 9.80 Å². The lowest BCUT2D eigenvalue weighted by Crippen LogP contribution is -2.38. The van der Waals surface area contributed by atoms with Gasteiger partial charge >= 0.3 is 0 Å². The molecule has 0 aliphatic carbocycles. The Kier molecular flexibility index (Phi) is 8.77. The number of hydrogen-bond acceptors (Lipinski definition) is 2. The standard InChI is InChI=1S/C17H34N2/c1-4-7-9-11-13-18-15-16-19(17(18)6-3)14-12-10-8-5-2/h15-17H,4-14H2,1-3H3.